The van der Waals surface area contributed by atoms with E-state index in [2.05, 4.69) is 52.3 Å². The van der Waals surface area contributed by atoms with Crippen LogP contribution in [0.2, 0.25) is 5.02 Å². The minimum absolute atomic E-state index is 0.783. The minimum Gasteiger partial charge on any atom is -0.340 e. The monoisotopic (exact) mass is 352 g/mol. The zero-order valence-electron chi connectivity index (χ0n) is 13.2. The molecule has 0 fully saturated rings. The normalized spacial score (nSPS) is 12.6. The number of pyridine rings is 1. The number of hydrogen-bond acceptors (Lipinski definition) is 3. The zero-order valence-corrected chi connectivity index (χ0v) is 14.7. The van der Waals surface area contributed by atoms with Crippen LogP contribution >= 0.6 is 23.4 Å². The molecule has 4 rings (SSSR count). The number of halogens is 1. The first-order valence-electron chi connectivity index (χ1n) is 8.04. The predicted octanol–water partition coefficient (Wildman–Crippen LogP) is 5.97. The number of fused-ring (bicyclic) bond motifs is 2. The van der Waals surface area contributed by atoms with E-state index in [4.69, 9.17) is 11.6 Å². The maximum Gasteiger partial charge on any atom is 0.0567 e. The molecule has 0 aliphatic carbocycles. The Hall–Kier alpha value is -1.97. The smallest absolute Gasteiger partial charge is 0.0567 e. The quantitative estimate of drug-likeness (QED) is 0.575. The van der Waals surface area contributed by atoms with Crippen LogP contribution in [-0.4, -0.2) is 11.5 Å². The molecule has 24 heavy (non-hydrogen) atoms. The van der Waals surface area contributed by atoms with Gasteiger partial charge in [0.2, 0.25) is 0 Å². The summed E-state index contributed by atoms with van der Waals surface area (Å²) in [6, 6.07) is 18.9. The lowest BCUT2D eigenvalue weighted by Gasteiger charge is -2.33. The van der Waals surface area contributed by atoms with E-state index in [9.17, 15) is 0 Å². The summed E-state index contributed by atoms with van der Waals surface area (Å²) in [7, 11) is 0. The average molecular weight is 353 g/mol. The Balaban J connectivity index is 1.60. The second kappa shape index (κ2) is 6.88. The highest BCUT2D eigenvalue weighted by atomic mass is 35.5. The third-order valence-electron chi connectivity index (χ3n) is 4.16. The van der Waals surface area contributed by atoms with Gasteiger partial charge in [-0.05, 0) is 54.8 Å². The number of para-hydroxylation sites is 1. The second-order valence-corrected chi connectivity index (χ2v) is 7.32. The molecule has 2 nitrogen and oxygen atoms in total. The van der Waals surface area contributed by atoms with Crippen molar-refractivity contribution < 1.29 is 0 Å². The van der Waals surface area contributed by atoms with Crippen LogP contribution in [0.5, 0.6) is 0 Å². The maximum absolute atomic E-state index is 6.25. The average Bonchev–Trinajstić information content (AvgIpc) is 2.62. The molecule has 0 N–H and O–H groups in total. The van der Waals surface area contributed by atoms with Gasteiger partial charge in [0.05, 0.1) is 11.4 Å². The molecule has 0 spiro atoms. The van der Waals surface area contributed by atoms with Gasteiger partial charge >= 0.3 is 0 Å². The van der Waals surface area contributed by atoms with Crippen LogP contribution in [0.25, 0.3) is 0 Å². The molecule has 2 heterocycles. The minimum atomic E-state index is 0.783. The Morgan fingerprint density at radius 1 is 0.958 bits per heavy atom. The van der Waals surface area contributed by atoms with Crippen LogP contribution in [0.1, 0.15) is 12.0 Å². The van der Waals surface area contributed by atoms with Crippen molar-refractivity contribution in [1.29, 1.82) is 0 Å². The molecule has 120 valence electrons. The summed E-state index contributed by atoms with van der Waals surface area (Å²) < 4.78 is 0. The third kappa shape index (κ3) is 3.14. The molecule has 1 aromatic heterocycles. The van der Waals surface area contributed by atoms with Gasteiger partial charge in [0.1, 0.15) is 0 Å². The van der Waals surface area contributed by atoms with E-state index in [0.29, 0.717) is 0 Å². The number of benzene rings is 2. The molecule has 0 saturated carbocycles. The summed E-state index contributed by atoms with van der Waals surface area (Å²) in [5.41, 5.74) is 3.75. The number of nitrogens with zero attached hydrogens (tertiary/aromatic N) is 2. The number of anilines is 2. The number of hydrogen-bond donors (Lipinski definition) is 0. The van der Waals surface area contributed by atoms with Crippen LogP contribution < -0.4 is 4.90 Å². The molecule has 0 unspecified atom stereocenters. The molecular formula is C20H17ClN2S. The molecule has 0 bridgehead atoms. The van der Waals surface area contributed by atoms with Crippen molar-refractivity contribution in [2.45, 2.75) is 22.6 Å². The van der Waals surface area contributed by atoms with Gasteiger partial charge in [0.25, 0.3) is 0 Å². The predicted molar refractivity (Wildman–Crippen MR) is 102 cm³/mol. The number of aromatic nitrogens is 1. The fourth-order valence-corrected chi connectivity index (χ4v) is 4.27. The first kappa shape index (κ1) is 15.6. The first-order valence-corrected chi connectivity index (χ1v) is 9.23. The fraction of sp³-hybridized carbons (Fsp3) is 0.150. The standard InChI is InChI=1S/C20H17ClN2S/c21-16-9-10-20-18(13-16)23(17-7-1-2-8-19(17)24-20)12-4-6-15-5-3-11-22-14-15/h1-3,5,7-11,13-14H,4,6,12H2. The summed E-state index contributed by atoms with van der Waals surface area (Å²) >= 11 is 8.07. The maximum atomic E-state index is 6.25. The summed E-state index contributed by atoms with van der Waals surface area (Å²) in [5.74, 6) is 0. The molecule has 3 aromatic rings. The van der Waals surface area contributed by atoms with Crippen LogP contribution in [0, 0.1) is 0 Å². The lowest BCUT2D eigenvalue weighted by molar-refractivity contribution is 0.794. The Morgan fingerprint density at radius 3 is 2.71 bits per heavy atom. The van der Waals surface area contributed by atoms with E-state index in [-0.39, 0.29) is 0 Å². The van der Waals surface area contributed by atoms with E-state index in [1.807, 2.05) is 36.3 Å². The van der Waals surface area contributed by atoms with Gasteiger partial charge in [0.15, 0.2) is 0 Å². The van der Waals surface area contributed by atoms with E-state index in [1.165, 1.54) is 26.7 Å². The van der Waals surface area contributed by atoms with E-state index < -0.39 is 0 Å². The number of rotatable bonds is 4. The van der Waals surface area contributed by atoms with Crippen molar-refractivity contribution in [2.75, 3.05) is 11.4 Å². The third-order valence-corrected chi connectivity index (χ3v) is 5.52. The molecule has 0 saturated heterocycles. The first-order chi connectivity index (χ1) is 11.8. The highest BCUT2D eigenvalue weighted by Gasteiger charge is 2.22. The van der Waals surface area contributed by atoms with Gasteiger partial charge in [-0.2, -0.15) is 0 Å². The summed E-state index contributed by atoms with van der Waals surface area (Å²) in [4.78, 5) is 9.15. The molecule has 0 amide bonds. The van der Waals surface area contributed by atoms with Crippen LogP contribution in [0.3, 0.4) is 0 Å². The van der Waals surface area contributed by atoms with Gasteiger partial charge in [-0.15, -0.1) is 0 Å². The topological polar surface area (TPSA) is 16.1 Å². The van der Waals surface area contributed by atoms with Gasteiger partial charge < -0.3 is 4.90 Å². The Labute approximate surface area is 151 Å². The van der Waals surface area contributed by atoms with Gasteiger partial charge in [-0.1, -0.05) is 41.6 Å². The number of aryl methyl sites for hydroxylation is 1. The Bertz CT molecular complexity index is 851. The van der Waals surface area contributed by atoms with Crippen LogP contribution in [0.15, 0.2) is 76.8 Å². The molecule has 2 aromatic carbocycles. The fourth-order valence-electron chi connectivity index (χ4n) is 3.03. The highest BCUT2D eigenvalue weighted by molar-refractivity contribution is 7.99. The molecule has 0 atom stereocenters. The van der Waals surface area contributed by atoms with Crippen molar-refractivity contribution in [2.24, 2.45) is 0 Å². The summed E-state index contributed by atoms with van der Waals surface area (Å²) in [6.07, 6.45) is 5.86. The van der Waals surface area contributed by atoms with E-state index in [0.717, 1.165) is 24.4 Å². The van der Waals surface area contributed by atoms with E-state index >= 15 is 0 Å². The molecule has 0 radical (unpaired) electrons. The largest absolute Gasteiger partial charge is 0.340 e. The molecule has 4 heteroatoms. The molecule has 1 aliphatic heterocycles. The zero-order chi connectivity index (χ0) is 16.4. The summed E-state index contributed by atoms with van der Waals surface area (Å²) in [5, 5.41) is 0.783. The van der Waals surface area contributed by atoms with Gasteiger partial charge in [0, 0.05) is 33.8 Å². The second-order valence-electron chi connectivity index (χ2n) is 5.80. The van der Waals surface area contributed by atoms with Crippen molar-refractivity contribution in [1.82, 2.24) is 4.98 Å². The molecule has 1 aliphatic rings. The van der Waals surface area contributed by atoms with Crippen molar-refractivity contribution >= 4 is 34.7 Å². The van der Waals surface area contributed by atoms with Crippen molar-refractivity contribution in [3.63, 3.8) is 0 Å². The van der Waals surface area contributed by atoms with Crippen molar-refractivity contribution in [3.8, 4) is 0 Å². The SMILES string of the molecule is Clc1ccc2c(c1)N(CCCc1cccnc1)c1ccccc1S2. The lowest BCUT2D eigenvalue weighted by atomic mass is 10.1. The Morgan fingerprint density at radius 2 is 1.83 bits per heavy atom. The van der Waals surface area contributed by atoms with Gasteiger partial charge in [-0.25, -0.2) is 0 Å². The molecular weight excluding hydrogens is 336 g/mol. The summed E-state index contributed by atoms with van der Waals surface area (Å²) in [6.45, 7) is 0.958. The lowest BCUT2D eigenvalue weighted by Crippen LogP contribution is -2.22. The van der Waals surface area contributed by atoms with Crippen LogP contribution in [0.4, 0.5) is 11.4 Å². The van der Waals surface area contributed by atoms with Crippen molar-refractivity contribution in [3.05, 3.63) is 77.6 Å². The highest BCUT2D eigenvalue weighted by Crippen LogP contribution is 2.48. The van der Waals surface area contributed by atoms with Gasteiger partial charge in [-0.3, -0.25) is 4.98 Å². The Kier molecular flexibility index (Phi) is 4.46. The van der Waals surface area contributed by atoms with E-state index in [1.54, 1.807) is 0 Å². The van der Waals surface area contributed by atoms with Crippen LogP contribution in [-0.2, 0) is 6.42 Å².